The first-order chi connectivity index (χ1) is 9.20. The molecule has 1 amide bonds. The van der Waals surface area contributed by atoms with Gasteiger partial charge in [0, 0.05) is 45.0 Å². The Hall–Kier alpha value is -2.44. The van der Waals surface area contributed by atoms with Gasteiger partial charge in [-0.1, -0.05) is 5.16 Å². The van der Waals surface area contributed by atoms with Crippen LogP contribution in [0, 0.1) is 6.92 Å². The quantitative estimate of drug-likeness (QED) is 0.826. The van der Waals surface area contributed by atoms with E-state index in [0.717, 1.165) is 5.69 Å². The zero-order chi connectivity index (χ0) is 13.7. The van der Waals surface area contributed by atoms with Crippen molar-refractivity contribution in [3.63, 3.8) is 0 Å². The smallest absolute Gasteiger partial charge is 0.254 e. The first-order valence-electron chi connectivity index (χ1n) is 5.90. The van der Waals surface area contributed by atoms with E-state index in [0.29, 0.717) is 30.2 Å². The van der Waals surface area contributed by atoms with Crippen molar-refractivity contribution in [3.8, 4) is 0 Å². The van der Waals surface area contributed by atoms with Crippen LogP contribution in [0.3, 0.4) is 0 Å². The second-order valence-corrected chi connectivity index (χ2v) is 3.91. The second kappa shape index (κ2) is 5.94. The van der Waals surface area contributed by atoms with Gasteiger partial charge in [0.05, 0.1) is 5.56 Å². The van der Waals surface area contributed by atoms with Crippen molar-refractivity contribution in [3.05, 3.63) is 35.7 Å². The number of carbonyl (C=O) groups is 1. The lowest BCUT2D eigenvalue weighted by Crippen LogP contribution is -2.26. The van der Waals surface area contributed by atoms with Gasteiger partial charge in [0.2, 0.25) is 5.89 Å². The van der Waals surface area contributed by atoms with Crippen LogP contribution in [0.15, 0.2) is 23.0 Å². The molecule has 2 aromatic rings. The third-order valence-electron chi connectivity index (χ3n) is 2.54. The Kier molecular flexibility index (Phi) is 4.07. The predicted molar refractivity (Wildman–Crippen MR) is 68.9 cm³/mol. The molecule has 7 nitrogen and oxygen atoms in total. The highest BCUT2D eigenvalue weighted by atomic mass is 16.5. The van der Waals surface area contributed by atoms with Crippen molar-refractivity contribution in [2.45, 2.75) is 13.3 Å². The number of pyridine rings is 1. The Morgan fingerprint density at radius 1 is 1.47 bits per heavy atom. The first-order valence-corrected chi connectivity index (χ1v) is 5.90. The number of carbonyl (C=O) groups excluding carboxylic acids is 1. The van der Waals surface area contributed by atoms with E-state index in [4.69, 9.17) is 4.52 Å². The highest BCUT2D eigenvalue weighted by molar-refractivity contribution is 5.99. The highest BCUT2D eigenvalue weighted by Crippen LogP contribution is 2.11. The van der Waals surface area contributed by atoms with Gasteiger partial charge < -0.3 is 15.2 Å². The summed E-state index contributed by atoms with van der Waals surface area (Å²) in [6.07, 6.45) is 3.68. The molecule has 2 heterocycles. The van der Waals surface area contributed by atoms with Crippen LogP contribution in [-0.4, -0.2) is 34.6 Å². The van der Waals surface area contributed by atoms with Crippen molar-refractivity contribution in [2.24, 2.45) is 0 Å². The van der Waals surface area contributed by atoms with Crippen LogP contribution in [0.2, 0.25) is 0 Å². The minimum Gasteiger partial charge on any atom is -0.387 e. The Bertz CT molecular complexity index is 567. The molecule has 2 aromatic heterocycles. The highest BCUT2D eigenvalue weighted by Gasteiger charge is 2.10. The molecule has 2 N–H and O–H groups in total. The average Bonchev–Trinajstić information content (AvgIpc) is 2.84. The largest absolute Gasteiger partial charge is 0.387 e. The number of nitrogens with zero attached hydrogens (tertiary/aromatic N) is 3. The zero-order valence-corrected chi connectivity index (χ0v) is 10.8. The van der Waals surface area contributed by atoms with Gasteiger partial charge in [-0.3, -0.25) is 9.78 Å². The summed E-state index contributed by atoms with van der Waals surface area (Å²) in [5.41, 5.74) is 1.25. The maximum absolute atomic E-state index is 12.0. The summed E-state index contributed by atoms with van der Waals surface area (Å²) in [6, 6.07) is 1.75. The fourth-order valence-electron chi connectivity index (χ4n) is 1.62. The van der Waals surface area contributed by atoms with E-state index >= 15 is 0 Å². The maximum Gasteiger partial charge on any atom is 0.254 e. The van der Waals surface area contributed by atoms with E-state index in [1.165, 1.54) is 6.20 Å². The average molecular weight is 261 g/mol. The summed E-state index contributed by atoms with van der Waals surface area (Å²) in [5.74, 6) is 0.918. The zero-order valence-electron chi connectivity index (χ0n) is 10.8. The van der Waals surface area contributed by atoms with Crippen molar-refractivity contribution < 1.29 is 9.32 Å². The van der Waals surface area contributed by atoms with E-state index in [9.17, 15) is 4.79 Å². The van der Waals surface area contributed by atoms with Crippen LogP contribution in [0.4, 0.5) is 5.69 Å². The molecule has 0 atom stereocenters. The Morgan fingerprint density at radius 3 is 3.00 bits per heavy atom. The maximum atomic E-state index is 12.0. The molecular weight excluding hydrogens is 246 g/mol. The molecular formula is C12H15N5O2. The number of hydrogen-bond acceptors (Lipinski definition) is 6. The minimum atomic E-state index is -0.183. The first kappa shape index (κ1) is 13.0. The van der Waals surface area contributed by atoms with Crippen molar-refractivity contribution >= 4 is 11.6 Å². The molecule has 0 unspecified atom stereocenters. The fraction of sp³-hybridized carbons (Fsp3) is 0.333. The Balaban J connectivity index is 1.90. The minimum absolute atomic E-state index is 0.183. The summed E-state index contributed by atoms with van der Waals surface area (Å²) >= 11 is 0. The van der Waals surface area contributed by atoms with Crippen molar-refractivity contribution in [2.75, 3.05) is 18.9 Å². The van der Waals surface area contributed by atoms with Crippen LogP contribution in [0.25, 0.3) is 0 Å². The van der Waals surface area contributed by atoms with E-state index in [1.54, 1.807) is 26.2 Å². The molecule has 0 aliphatic heterocycles. The number of nitrogens with one attached hydrogen (secondary N) is 2. The van der Waals surface area contributed by atoms with Crippen LogP contribution in [0.5, 0.6) is 0 Å². The number of aromatic nitrogens is 3. The lowest BCUT2D eigenvalue weighted by Gasteiger charge is -2.08. The fourth-order valence-corrected chi connectivity index (χ4v) is 1.62. The van der Waals surface area contributed by atoms with Gasteiger partial charge in [-0.05, 0) is 6.07 Å². The summed E-state index contributed by atoms with van der Waals surface area (Å²) in [6.45, 7) is 2.17. The summed E-state index contributed by atoms with van der Waals surface area (Å²) in [5, 5.41) is 9.50. The number of hydrogen-bond donors (Lipinski definition) is 2. The van der Waals surface area contributed by atoms with Crippen LogP contribution < -0.4 is 10.6 Å². The molecule has 0 saturated carbocycles. The molecule has 19 heavy (non-hydrogen) atoms. The van der Waals surface area contributed by atoms with Gasteiger partial charge in [0.15, 0.2) is 5.82 Å². The normalized spacial score (nSPS) is 10.2. The molecule has 2 rings (SSSR count). The third kappa shape index (κ3) is 3.27. The number of aryl methyl sites for hydroxylation is 1. The Labute approximate surface area is 110 Å². The summed E-state index contributed by atoms with van der Waals surface area (Å²) in [7, 11) is 1.76. The Morgan fingerprint density at radius 2 is 2.32 bits per heavy atom. The molecule has 0 fully saturated rings. The van der Waals surface area contributed by atoms with Crippen LogP contribution in [0.1, 0.15) is 22.1 Å². The van der Waals surface area contributed by atoms with Gasteiger partial charge in [0.25, 0.3) is 5.91 Å². The number of amides is 1. The molecule has 0 aromatic carbocycles. The molecule has 0 aliphatic rings. The van der Waals surface area contributed by atoms with Crippen LogP contribution >= 0.6 is 0 Å². The second-order valence-electron chi connectivity index (χ2n) is 3.91. The van der Waals surface area contributed by atoms with E-state index in [2.05, 4.69) is 25.8 Å². The molecule has 0 aliphatic carbocycles. The lowest BCUT2D eigenvalue weighted by atomic mass is 10.2. The third-order valence-corrected chi connectivity index (χ3v) is 2.54. The standard InChI is InChI=1S/C12H15N5O2/c1-8-16-11(17-19-8)4-6-15-12(18)9-7-14-5-3-10(9)13-2/h3,5,7H,4,6H2,1-2H3,(H,13,14)(H,15,18). The SMILES string of the molecule is CNc1ccncc1C(=O)NCCc1noc(C)n1. The molecule has 0 saturated heterocycles. The van der Waals surface area contributed by atoms with E-state index in [1.807, 2.05) is 0 Å². The molecule has 0 radical (unpaired) electrons. The molecule has 100 valence electrons. The van der Waals surface area contributed by atoms with E-state index < -0.39 is 0 Å². The van der Waals surface area contributed by atoms with Gasteiger partial charge in [-0.15, -0.1) is 0 Å². The molecule has 7 heteroatoms. The van der Waals surface area contributed by atoms with Crippen LogP contribution in [-0.2, 0) is 6.42 Å². The summed E-state index contributed by atoms with van der Waals surface area (Å²) in [4.78, 5) is 20.0. The lowest BCUT2D eigenvalue weighted by molar-refractivity contribution is 0.0954. The summed E-state index contributed by atoms with van der Waals surface area (Å²) < 4.78 is 4.85. The monoisotopic (exact) mass is 261 g/mol. The van der Waals surface area contributed by atoms with E-state index in [-0.39, 0.29) is 5.91 Å². The predicted octanol–water partition coefficient (Wildman–Crippen LogP) is 0.787. The van der Waals surface area contributed by atoms with Gasteiger partial charge in [0.1, 0.15) is 0 Å². The van der Waals surface area contributed by atoms with Gasteiger partial charge in [-0.2, -0.15) is 4.98 Å². The van der Waals surface area contributed by atoms with Gasteiger partial charge in [-0.25, -0.2) is 0 Å². The molecule has 0 spiro atoms. The van der Waals surface area contributed by atoms with Gasteiger partial charge >= 0.3 is 0 Å². The topological polar surface area (TPSA) is 92.9 Å². The number of rotatable bonds is 5. The van der Waals surface area contributed by atoms with Crippen molar-refractivity contribution in [1.82, 2.24) is 20.4 Å². The van der Waals surface area contributed by atoms with Crippen molar-refractivity contribution in [1.29, 1.82) is 0 Å². The molecule has 0 bridgehead atoms. The number of anilines is 1.